The number of benzene rings is 1. The highest BCUT2D eigenvalue weighted by molar-refractivity contribution is 6.01. The van der Waals surface area contributed by atoms with Gasteiger partial charge in [0.25, 0.3) is 5.91 Å². The Morgan fingerprint density at radius 3 is 2.50 bits per heavy atom. The molecule has 2 aliphatic rings. The average Bonchev–Trinajstić information content (AvgIpc) is 3.40. The molecule has 3 atom stereocenters. The molecular formula is C24H20F3N3O2. The number of rotatable bonds is 4. The molecule has 8 heteroatoms. The maximum Gasteiger partial charge on any atom is 0.417 e. The molecule has 2 fully saturated rings. The molecule has 3 aromatic rings. The molecule has 1 aliphatic heterocycles. The Balaban J connectivity index is 1.35. The Labute approximate surface area is 182 Å². The lowest BCUT2D eigenvalue weighted by molar-refractivity contribution is -0.137. The summed E-state index contributed by atoms with van der Waals surface area (Å²) in [6.07, 6.45) is 0.984. The number of aromatic nitrogens is 2. The minimum atomic E-state index is -4.44. The van der Waals surface area contributed by atoms with Crippen molar-refractivity contribution >= 4 is 5.91 Å². The van der Waals surface area contributed by atoms with Crippen LogP contribution in [0.5, 0.6) is 5.88 Å². The number of piperidine rings is 1. The predicted molar refractivity (Wildman–Crippen MR) is 111 cm³/mol. The monoisotopic (exact) mass is 439 g/mol. The fourth-order valence-corrected chi connectivity index (χ4v) is 4.71. The number of amides is 1. The van der Waals surface area contributed by atoms with Gasteiger partial charge in [0.2, 0.25) is 5.88 Å². The Morgan fingerprint density at radius 1 is 1.03 bits per heavy atom. The van der Waals surface area contributed by atoms with Gasteiger partial charge in [-0.2, -0.15) is 13.2 Å². The van der Waals surface area contributed by atoms with Crippen LogP contribution < -0.4 is 4.74 Å². The molecule has 0 radical (unpaired) electrons. The van der Waals surface area contributed by atoms with Crippen LogP contribution in [0.15, 0.2) is 67.1 Å². The van der Waals surface area contributed by atoms with Crippen molar-refractivity contribution in [1.29, 1.82) is 0 Å². The Hall–Kier alpha value is -3.42. The first kappa shape index (κ1) is 20.5. The summed E-state index contributed by atoms with van der Waals surface area (Å²) in [7, 11) is 0. The third-order valence-electron chi connectivity index (χ3n) is 6.17. The smallest absolute Gasteiger partial charge is 0.417 e. The molecule has 5 rings (SSSR count). The van der Waals surface area contributed by atoms with Gasteiger partial charge in [-0.15, -0.1) is 0 Å². The molecule has 1 saturated heterocycles. The fourth-order valence-electron chi connectivity index (χ4n) is 4.71. The lowest BCUT2D eigenvalue weighted by Gasteiger charge is -2.33. The van der Waals surface area contributed by atoms with Crippen LogP contribution in [-0.4, -0.2) is 39.5 Å². The molecule has 1 aliphatic carbocycles. The number of hydrogen-bond acceptors (Lipinski definition) is 4. The van der Waals surface area contributed by atoms with Gasteiger partial charge in [0.15, 0.2) is 0 Å². The second-order valence-electron chi connectivity index (χ2n) is 8.18. The number of carbonyl (C=O) groups excluding carboxylic acids is 1. The lowest BCUT2D eigenvalue weighted by Crippen LogP contribution is -2.47. The predicted octanol–water partition coefficient (Wildman–Crippen LogP) is 4.84. The average molecular weight is 439 g/mol. The second kappa shape index (κ2) is 7.93. The van der Waals surface area contributed by atoms with Crippen molar-refractivity contribution in [2.75, 3.05) is 6.54 Å². The summed E-state index contributed by atoms with van der Waals surface area (Å²) in [4.78, 5) is 23.2. The van der Waals surface area contributed by atoms with Crippen LogP contribution in [-0.2, 0) is 6.18 Å². The molecule has 2 aromatic heterocycles. The first-order valence-corrected chi connectivity index (χ1v) is 10.4. The van der Waals surface area contributed by atoms with Crippen molar-refractivity contribution in [3.8, 4) is 17.0 Å². The van der Waals surface area contributed by atoms with Crippen LogP contribution >= 0.6 is 0 Å². The molecule has 5 nitrogen and oxygen atoms in total. The molecule has 0 spiro atoms. The van der Waals surface area contributed by atoms with Crippen LogP contribution in [0.2, 0.25) is 0 Å². The fraction of sp³-hybridized carbons (Fsp3) is 0.292. The van der Waals surface area contributed by atoms with Crippen molar-refractivity contribution in [2.24, 2.45) is 5.92 Å². The summed E-state index contributed by atoms with van der Waals surface area (Å²) in [5, 5.41) is 0. The van der Waals surface area contributed by atoms with Crippen molar-refractivity contribution in [2.45, 2.75) is 31.2 Å². The molecule has 164 valence electrons. The van der Waals surface area contributed by atoms with E-state index in [4.69, 9.17) is 4.74 Å². The highest BCUT2D eigenvalue weighted by atomic mass is 19.4. The Morgan fingerprint density at radius 2 is 1.81 bits per heavy atom. The van der Waals surface area contributed by atoms with Gasteiger partial charge in [-0.1, -0.05) is 18.2 Å². The van der Waals surface area contributed by atoms with E-state index in [0.717, 1.165) is 36.2 Å². The zero-order valence-electron chi connectivity index (χ0n) is 17.0. The highest BCUT2D eigenvalue weighted by Crippen LogP contribution is 2.41. The SMILES string of the molecule is O=C(c1ccccc1-c1ccncc1)N1CC2CC(Oc3ccc(C(F)(F)F)cn3)C1C2. The first-order valence-electron chi connectivity index (χ1n) is 10.4. The van der Waals surface area contributed by atoms with E-state index in [2.05, 4.69) is 9.97 Å². The van der Waals surface area contributed by atoms with E-state index in [1.807, 2.05) is 41.3 Å². The molecule has 1 aromatic carbocycles. The van der Waals surface area contributed by atoms with E-state index in [1.165, 1.54) is 6.07 Å². The number of nitrogens with zero attached hydrogens (tertiary/aromatic N) is 3. The normalized spacial score (nSPS) is 22.2. The van der Waals surface area contributed by atoms with Crippen LogP contribution in [0.3, 0.4) is 0 Å². The van der Waals surface area contributed by atoms with E-state index in [0.29, 0.717) is 18.0 Å². The minimum absolute atomic E-state index is 0.0707. The van der Waals surface area contributed by atoms with Crippen molar-refractivity contribution in [3.63, 3.8) is 0 Å². The summed E-state index contributed by atoms with van der Waals surface area (Å²) >= 11 is 0. The highest BCUT2D eigenvalue weighted by Gasteiger charge is 2.48. The number of halogens is 3. The number of alkyl halides is 3. The molecule has 2 bridgehead atoms. The van der Waals surface area contributed by atoms with E-state index in [-0.39, 0.29) is 23.9 Å². The van der Waals surface area contributed by atoms with Gasteiger partial charge in [-0.05, 0) is 54.2 Å². The summed E-state index contributed by atoms with van der Waals surface area (Å²) < 4.78 is 44.3. The number of likely N-dealkylation sites (tertiary alicyclic amines) is 1. The molecular weight excluding hydrogens is 419 g/mol. The van der Waals surface area contributed by atoms with Crippen molar-refractivity contribution in [1.82, 2.24) is 14.9 Å². The summed E-state index contributed by atoms with van der Waals surface area (Å²) in [6.45, 7) is 0.647. The number of ether oxygens (including phenoxy) is 1. The second-order valence-corrected chi connectivity index (χ2v) is 8.18. The maximum absolute atomic E-state index is 13.5. The Bertz CT molecular complexity index is 1120. The zero-order valence-corrected chi connectivity index (χ0v) is 17.0. The Kier molecular flexibility index (Phi) is 5.07. The molecule has 1 amide bonds. The van der Waals surface area contributed by atoms with Crippen molar-refractivity contribution in [3.05, 3.63) is 78.2 Å². The van der Waals surface area contributed by atoms with Crippen LogP contribution in [0.1, 0.15) is 28.8 Å². The van der Waals surface area contributed by atoms with Gasteiger partial charge in [0.1, 0.15) is 6.10 Å². The lowest BCUT2D eigenvalue weighted by atomic mass is 9.98. The van der Waals surface area contributed by atoms with Gasteiger partial charge in [-0.3, -0.25) is 9.78 Å². The number of hydrogen-bond donors (Lipinski definition) is 0. The number of fused-ring (bicyclic) bond motifs is 2. The summed E-state index contributed by atoms with van der Waals surface area (Å²) in [5.41, 5.74) is 1.54. The molecule has 3 unspecified atom stereocenters. The maximum atomic E-state index is 13.5. The first-order chi connectivity index (χ1) is 15.4. The van der Waals surface area contributed by atoms with Gasteiger partial charge in [-0.25, -0.2) is 4.98 Å². The summed E-state index contributed by atoms with van der Waals surface area (Å²) in [6, 6.07) is 13.3. The topological polar surface area (TPSA) is 55.3 Å². The van der Waals surface area contributed by atoms with E-state index in [9.17, 15) is 18.0 Å². The standard InChI is InChI=1S/C24H20F3N3O2/c25-24(26,27)17-5-6-22(29-13-17)32-21-12-15-11-20(21)30(14-15)23(31)19-4-2-1-3-18(19)16-7-9-28-10-8-16/h1-10,13,15,20-21H,11-12,14H2. The van der Waals surface area contributed by atoms with Crippen molar-refractivity contribution < 1.29 is 22.7 Å². The zero-order chi connectivity index (χ0) is 22.3. The summed E-state index contributed by atoms with van der Waals surface area (Å²) in [5.74, 6) is 0.371. The number of pyridine rings is 2. The van der Waals surface area contributed by atoms with Gasteiger partial charge < -0.3 is 9.64 Å². The van der Waals surface area contributed by atoms with E-state index in [1.54, 1.807) is 12.4 Å². The molecule has 1 saturated carbocycles. The van der Waals surface area contributed by atoms with Crippen LogP contribution in [0.4, 0.5) is 13.2 Å². The van der Waals surface area contributed by atoms with E-state index < -0.39 is 11.7 Å². The van der Waals surface area contributed by atoms with Gasteiger partial charge in [0.05, 0.1) is 11.6 Å². The van der Waals surface area contributed by atoms with Gasteiger partial charge in [0, 0.05) is 36.8 Å². The third kappa shape index (κ3) is 3.81. The molecule has 32 heavy (non-hydrogen) atoms. The molecule has 3 heterocycles. The molecule has 0 N–H and O–H groups in total. The van der Waals surface area contributed by atoms with Crippen LogP contribution in [0.25, 0.3) is 11.1 Å². The van der Waals surface area contributed by atoms with E-state index >= 15 is 0 Å². The minimum Gasteiger partial charge on any atom is -0.472 e. The largest absolute Gasteiger partial charge is 0.472 e. The number of carbonyl (C=O) groups is 1. The quantitative estimate of drug-likeness (QED) is 0.584. The van der Waals surface area contributed by atoms with Crippen LogP contribution in [0, 0.1) is 5.92 Å². The third-order valence-corrected chi connectivity index (χ3v) is 6.17. The van der Waals surface area contributed by atoms with Gasteiger partial charge >= 0.3 is 6.18 Å².